The van der Waals surface area contributed by atoms with Crippen LogP contribution in [0.1, 0.15) is 32.9 Å². The molecule has 0 saturated carbocycles. The number of hydrogen-bond donors (Lipinski definition) is 1. The Hall–Kier alpha value is -2.84. The molecule has 0 aromatic carbocycles. The molecule has 0 bridgehead atoms. The molecule has 4 heterocycles. The zero-order chi connectivity index (χ0) is 18.6. The molecule has 138 valence electrons. The van der Waals surface area contributed by atoms with Gasteiger partial charge in [-0.05, 0) is 37.1 Å². The number of amides is 1. The SMILES string of the molecule is O=C(Nc1nc(-c2ccco2)c(C(=O)C2CCOCC2)s1)c1ccncc1. The second kappa shape index (κ2) is 7.81. The number of hydrogen-bond acceptors (Lipinski definition) is 7. The Labute approximate surface area is 159 Å². The number of Topliss-reactive ketones (excluding diaryl/α,β-unsaturated/α-hetero) is 1. The predicted molar refractivity (Wildman–Crippen MR) is 99.9 cm³/mol. The average molecular weight is 383 g/mol. The van der Waals surface area contributed by atoms with E-state index in [-0.39, 0.29) is 17.6 Å². The molecule has 0 spiro atoms. The van der Waals surface area contributed by atoms with Gasteiger partial charge in [0.15, 0.2) is 16.7 Å². The van der Waals surface area contributed by atoms with Gasteiger partial charge in [0.2, 0.25) is 0 Å². The summed E-state index contributed by atoms with van der Waals surface area (Å²) < 4.78 is 10.8. The Morgan fingerprint density at radius 1 is 1.15 bits per heavy atom. The quantitative estimate of drug-likeness (QED) is 0.676. The van der Waals surface area contributed by atoms with Crippen molar-refractivity contribution in [3.05, 3.63) is 53.4 Å². The van der Waals surface area contributed by atoms with Gasteiger partial charge in [0.1, 0.15) is 10.6 Å². The summed E-state index contributed by atoms with van der Waals surface area (Å²) in [5.41, 5.74) is 0.934. The maximum absolute atomic E-state index is 13.0. The lowest BCUT2D eigenvalue weighted by atomic mass is 9.94. The van der Waals surface area contributed by atoms with E-state index in [2.05, 4.69) is 15.3 Å². The summed E-state index contributed by atoms with van der Waals surface area (Å²) >= 11 is 1.17. The molecule has 8 heteroatoms. The molecule has 0 atom stereocenters. The van der Waals surface area contributed by atoms with Gasteiger partial charge in [0.05, 0.1) is 6.26 Å². The molecule has 4 rings (SSSR count). The summed E-state index contributed by atoms with van der Waals surface area (Å²) in [6.45, 7) is 1.16. The van der Waals surface area contributed by atoms with Crippen LogP contribution < -0.4 is 5.32 Å². The molecule has 0 aliphatic carbocycles. The lowest BCUT2D eigenvalue weighted by Crippen LogP contribution is -2.23. The molecule has 1 amide bonds. The predicted octanol–water partition coefficient (Wildman–Crippen LogP) is 3.66. The molecule has 1 aliphatic rings. The van der Waals surface area contributed by atoms with Crippen molar-refractivity contribution in [1.82, 2.24) is 9.97 Å². The van der Waals surface area contributed by atoms with Crippen molar-refractivity contribution < 1.29 is 18.7 Å². The summed E-state index contributed by atoms with van der Waals surface area (Å²) in [5, 5.41) is 3.12. The second-order valence-electron chi connectivity index (χ2n) is 6.11. The molecule has 0 radical (unpaired) electrons. The number of ether oxygens (including phenoxy) is 1. The Balaban J connectivity index is 1.63. The number of furan rings is 1. The zero-order valence-corrected chi connectivity index (χ0v) is 15.2. The highest BCUT2D eigenvalue weighted by Crippen LogP contribution is 2.35. The van der Waals surface area contributed by atoms with Crippen molar-refractivity contribution in [1.29, 1.82) is 0 Å². The fourth-order valence-corrected chi connectivity index (χ4v) is 3.92. The van der Waals surface area contributed by atoms with Crippen LogP contribution in [0.15, 0.2) is 47.3 Å². The highest BCUT2D eigenvalue weighted by Gasteiger charge is 2.29. The third kappa shape index (κ3) is 3.81. The molecule has 3 aromatic heterocycles. The summed E-state index contributed by atoms with van der Waals surface area (Å²) in [4.78, 5) is 34.3. The number of nitrogens with one attached hydrogen (secondary N) is 1. The van der Waals surface area contributed by atoms with E-state index in [4.69, 9.17) is 9.15 Å². The van der Waals surface area contributed by atoms with Crippen molar-refractivity contribution in [3.63, 3.8) is 0 Å². The molecule has 1 aliphatic heterocycles. The minimum atomic E-state index is -0.304. The number of ketones is 1. The first kappa shape index (κ1) is 17.6. The summed E-state index contributed by atoms with van der Waals surface area (Å²) in [5.74, 6) is 0.122. The van der Waals surface area contributed by atoms with Gasteiger partial charge in [0.25, 0.3) is 5.91 Å². The molecule has 1 N–H and O–H groups in total. The monoisotopic (exact) mass is 383 g/mol. The molecular weight excluding hydrogens is 366 g/mol. The van der Waals surface area contributed by atoms with Gasteiger partial charge >= 0.3 is 0 Å². The van der Waals surface area contributed by atoms with Crippen LogP contribution in [0.2, 0.25) is 0 Å². The van der Waals surface area contributed by atoms with E-state index in [0.29, 0.717) is 53.1 Å². The largest absolute Gasteiger partial charge is 0.463 e. The number of carbonyl (C=O) groups is 2. The van der Waals surface area contributed by atoms with Gasteiger partial charge < -0.3 is 9.15 Å². The van der Waals surface area contributed by atoms with E-state index in [0.717, 1.165) is 0 Å². The van der Waals surface area contributed by atoms with Crippen LogP contribution in [0.3, 0.4) is 0 Å². The van der Waals surface area contributed by atoms with Gasteiger partial charge in [-0.1, -0.05) is 11.3 Å². The normalized spacial score (nSPS) is 14.8. The number of aromatic nitrogens is 2. The van der Waals surface area contributed by atoms with Crippen molar-refractivity contribution >= 4 is 28.2 Å². The van der Waals surface area contributed by atoms with Gasteiger partial charge in [0, 0.05) is 37.1 Å². The van der Waals surface area contributed by atoms with Crippen LogP contribution in [0.25, 0.3) is 11.5 Å². The lowest BCUT2D eigenvalue weighted by molar-refractivity contribution is 0.0547. The summed E-state index contributed by atoms with van der Waals surface area (Å²) in [6, 6.07) is 6.73. The maximum Gasteiger partial charge on any atom is 0.257 e. The molecule has 0 unspecified atom stereocenters. The summed E-state index contributed by atoms with van der Waals surface area (Å²) in [7, 11) is 0. The number of anilines is 1. The first-order chi connectivity index (χ1) is 13.2. The molecular formula is C19H17N3O4S. The fourth-order valence-electron chi connectivity index (χ4n) is 2.94. The number of rotatable bonds is 5. The van der Waals surface area contributed by atoms with Crippen molar-refractivity contribution in [2.24, 2.45) is 5.92 Å². The zero-order valence-electron chi connectivity index (χ0n) is 14.4. The second-order valence-corrected chi connectivity index (χ2v) is 7.11. The van der Waals surface area contributed by atoms with E-state index in [1.54, 1.807) is 36.7 Å². The number of carbonyl (C=O) groups excluding carboxylic acids is 2. The van der Waals surface area contributed by atoms with Crippen molar-refractivity contribution in [2.45, 2.75) is 12.8 Å². The Morgan fingerprint density at radius 3 is 2.63 bits per heavy atom. The smallest absolute Gasteiger partial charge is 0.257 e. The van der Waals surface area contributed by atoms with E-state index < -0.39 is 0 Å². The Bertz CT molecular complexity index is 931. The minimum absolute atomic E-state index is 0.0200. The van der Waals surface area contributed by atoms with E-state index in [1.165, 1.54) is 17.6 Å². The number of thiazole rings is 1. The van der Waals surface area contributed by atoms with Crippen LogP contribution in [-0.2, 0) is 4.74 Å². The first-order valence-corrected chi connectivity index (χ1v) is 9.42. The first-order valence-electron chi connectivity index (χ1n) is 8.60. The van der Waals surface area contributed by atoms with Gasteiger partial charge in [-0.25, -0.2) is 4.98 Å². The van der Waals surface area contributed by atoms with Crippen LogP contribution in [0.4, 0.5) is 5.13 Å². The van der Waals surface area contributed by atoms with Crippen LogP contribution >= 0.6 is 11.3 Å². The molecule has 3 aromatic rings. The third-order valence-corrected chi connectivity index (χ3v) is 5.35. The topological polar surface area (TPSA) is 94.3 Å². The third-order valence-electron chi connectivity index (χ3n) is 4.36. The Morgan fingerprint density at radius 2 is 1.93 bits per heavy atom. The van der Waals surface area contributed by atoms with Crippen LogP contribution in [0, 0.1) is 5.92 Å². The Kier molecular flexibility index (Phi) is 5.08. The minimum Gasteiger partial charge on any atom is -0.463 e. The molecule has 1 saturated heterocycles. The average Bonchev–Trinajstić information content (AvgIpc) is 3.38. The van der Waals surface area contributed by atoms with Crippen molar-refractivity contribution in [2.75, 3.05) is 18.5 Å². The van der Waals surface area contributed by atoms with E-state index >= 15 is 0 Å². The maximum atomic E-state index is 13.0. The highest BCUT2D eigenvalue weighted by atomic mass is 32.1. The van der Waals surface area contributed by atoms with Crippen LogP contribution in [-0.4, -0.2) is 34.9 Å². The van der Waals surface area contributed by atoms with Crippen LogP contribution in [0.5, 0.6) is 0 Å². The van der Waals surface area contributed by atoms with Gasteiger partial charge in [-0.15, -0.1) is 0 Å². The van der Waals surface area contributed by atoms with Gasteiger partial charge in [-0.2, -0.15) is 0 Å². The van der Waals surface area contributed by atoms with E-state index in [9.17, 15) is 9.59 Å². The highest BCUT2D eigenvalue weighted by molar-refractivity contribution is 7.18. The lowest BCUT2D eigenvalue weighted by Gasteiger charge is -2.20. The molecule has 27 heavy (non-hydrogen) atoms. The molecule has 1 fully saturated rings. The van der Waals surface area contributed by atoms with E-state index in [1.807, 2.05) is 0 Å². The number of pyridine rings is 1. The van der Waals surface area contributed by atoms with Gasteiger partial charge in [-0.3, -0.25) is 19.9 Å². The fraction of sp³-hybridized carbons (Fsp3) is 0.263. The molecule has 7 nitrogen and oxygen atoms in total. The number of nitrogens with zero attached hydrogens (tertiary/aromatic N) is 2. The van der Waals surface area contributed by atoms with Crippen molar-refractivity contribution in [3.8, 4) is 11.5 Å². The standard InChI is InChI=1S/C19H17N3O4S/c23-16(12-5-10-25-11-6-12)17-15(14-2-1-9-26-14)21-19(27-17)22-18(24)13-3-7-20-8-4-13/h1-4,7-9,12H,5-6,10-11H2,(H,21,22,24). The summed E-state index contributed by atoms with van der Waals surface area (Å²) in [6.07, 6.45) is 6.00.